The topological polar surface area (TPSA) is 61.6 Å². The summed E-state index contributed by atoms with van der Waals surface area (Å²) in [6.07, 6.45) is 9.82. The first-order chi connectivity index (χ1) is 20.6. The predicted octanol–water partition coefficient (Wildman–Crippen LogP) is 6.42. The summed E-state index contributed by atoms with van der Waals surface area (Å²) < 4.78 is 2.34. The van der Waals surface area contributed by atoms with E-state index in [1.165, 1.54) is 41.8 Å². The summed E-state index contributed by atoms with van der Waals surface area (Å²) in [6, 6.07) is 24.0. The van der Waals surface area contributed by atoms with Crippen molar-refractivity contribution in [3.63, 3.8) is 0 Å². The maximum atomic E-state index is 12.6. The quantitative estimate of drug-likeness (QED) is 0.306. The number of likely N-dealkylation sites (tertiary alicyclic amines) is 2. The minimum absolute atomic E-state index is 0.286. The van der Waals surface area contributed by atoms with E-state index in [9.17, 15) is 9.90 Å². The molecule has 1 N–H and O–H groups in total. The number of aliphatic carboxylic acids is 1. The Labute approximate surface area is 251 Å². The van der Waals surface area contributed by atoms with E-state index in [1.807, 2.05) is 0 Å². The molecule has 1 saturated carbocycles. The number of nitrogens with zero attached hydrogens (tertiary/aromatic N) is 4. The van der Waals surface area contributed by atoms with Gasteiger partial charge >= 0.3 is 5.97 Å². The van der Waals surface area contributed by atoms with Crippen LogP contribution in [0, 0.1) is 11.8 Å². The molecule has 6 rings (SSSR count). The predicted molar refractivity (Wildman–Crippen MR) is 168 cm³/mol. The van der Waals surface area contributed by atoms with E-state index >= 15 is 0 Å². The molecule has 224 valence electrons. The molecule has 6 heteroatoms. The average molecular weight is 569 g/mol. The molecule has 1 aliphatic carbocycles. The summed E-state index contributed by atoms with van der Waals surface area (Å²) in [5, 5.41) is 15.4. The van der Waals surface area contributed by atoms with Gasteiger partial charge in [0.15, 0.2) is 0 Å². The molecule has 0 radical (unpaired) electrons. The van der Waals surface area contributed by atoms with Gasteiger partial charge in [-0.1, -0.05) is 86.8 Å². The molecular formula is C36H48N4O2. The van der Waals surface area contributed by atoms with Crippen molar-refractivity contribution >= 4 is 5.97 Å². The number of hydrogen-bond donors (Lipinski definition) is 1. The van der Waals surface area contributed by atoms with Crippen LogP contribution in [0.3, 0.4) is 0 Å². The molecule has 3 atom stereocenters. The number of piperidine rings is 1. The monoisotopic (exact) mass is 568 g/mol. The van der Waals surface area contributed by atoms with Crippen LogP contribution in [0.4, 0.5) is 0 Å². The Kier molecular flexibility index (Phi) is 9.40. The smallest absolute Gasteiger partial charge is 0.321 e. The van der Waals surface area contributed by atoms with Gasteiger partial charge in [0, 0.05) is 50.8 Å². The van der Waals surface area contributed by atoms with Crippen molar-refractivity contribution in [2.45, 2.75) is 82.7 Å². The maximum absolute atomic E-state index is 12.6. The third-order valence-electron chi connectivity index (χ3n) is 10.3. The van der Waals surface area contributed by atoms with E-state index in [4.69, 9.17) is 5.10 Å². The second-order valence-electron chi connectivity index (χ2n) is 13.0. The van der Waals surface area contributed by atoms with Gasteiger partial charge in [-0.2, -0.15) is 5.10 Å². The Hall–Kier alpha value is -2.96. The zero-order chi connectivity index (χ0) is 28.9. The second kappa shape index (κ2) is 13.6. The Morgan fingerprint density at radius 1 is 0.929 bits per heavy atom. The minimum Gasteiger partial charge on any atom is -0.480 e. The SMILES string of the molecule is CCc1cc(Cc2ccccc2)n(C2CCN(C[C@H]3CN([C@@H](C(=O)O)C4CCCCC4)CC3c3ccccc3)CC2)n1. The lowest BCUT2D eigenvalue weighted by Crippen LogP contribution is -2.46. The molecular weight excluding hydrogens is 520 g/mol. The van der Waals surface area contributed by atoms with E-state index in [1.54, 1.807) is 0 Å². The summed E-state index contributed by atoms with van der Waals surface area (Å²) in [5.74, 6) is 0.492. The zero-order valence-electron chi connectivity index (χ0n) is 25.3. The number of carboxylic acids is 1. The van der Waals surface area contributed by atoms with Crippen molar-refractivity contribution < 1.29 is 9.90 Å². The molecule has 3 fully saturated rings. The summed E-state index contributed by atoms with van der Waals surface area (Å²) in [6.45, 7) is 7.11. The van der Waals surface area contributed by atoms with Crippen LogP contribution in [0.2, 0.25) is 0 Å². The van der Waals surface area contributed by atoms with Gasteiger partial charge in [0.2, 0.25) is 0 Å². The van der Waals surface area contributed by atoms with Crippen LogP contribution >= 0.6 is 0 Å². The van der Waals surface area contributed by atoms with E-state index in [0.717, 1.165) is 71.2 Å². The first-order valence-corrected chi connectivity index (χ1v) is 16.4. The van der Waals surface area contributed by atoms with Gasteiger partial charge in [-0.25, -0.2) is 0 Å². The number of aromatic nitrogens is 2. The molecule has 3 aliphatic rings. The molecule has 1 unspecified atom stereocenters. The zero-order valence-corrected chi connectivity index (χ0v) is 25.3. The highest BCUT2D eigenvalue weighted by molar-refractivity contribution is 5.74. The maximum Gasteiger partial charge on any atom is 0.321 e. The molecule has 1 aromatic heterocycles. The average Bonchev–Trinajstić information content (AvgIpc) is 3.63. The number of benzene rings is 2. The van der Waals surface area contributed by atoms with E-state index in [2.05, 4.69) is 88.1 Å². The van der Waals surface area contributed by atoms with Gasteiger partial charge in [0.05, 0.1) is 11.7 Å². The fourth-order valence-corrected chi connectivity index (χ4v) is 8.09. The molecule has 42 heavy (non-hydrogen) atoms. The minimum atomic E-state index is -0.618. The molecule has 0 bridgehead atoms. The summed E-state index contributed by atoms with van der Waals surface area (Å²) >= 11 is 0. The number of aryl methyl sites for hydroxylation is 1. The Balaban J connectivity index is 1.13. The molecule has 2 aromatic carbocycles. The molecule has 2 aliphatic heterocycles. The summed E-state index contributed by atoms with van der Waals surface area (Å²) in [4.78, 5) is 17.6. The van der Waals surface area contributed by atoms with Crippen LogP contribution in [-0.4, -0.2) is 69.4 Å². The highest BCUT2D eigenvalue weighted by Gasteiger charge is 2.43. The van der Waals surface area contributed by atoms with Crippen LogP contribution in [0.15, 0.2) is 66.7 Å². The van der Waals surface area contributed by atoms with E-state index in [-0.39, 0.29) is 12.0 Å². The summed E-state index contributed by atoms with van der Waals surface area (Å²) in [5.41, 5.74) is 5.21. The molecule has 2 saturated heterocycles. The van der Waals surface area contributed by atoms with Gasteiger partial charge in [0.25, 0.3) is 0 Å². The molecule has 3 aromatic rings. The van der Waals surface area contributed by atoms with Gasteiger partial charge in [-0.05, 0) is 61.1 Å². The normalized spacial score (nSPS) is 23.7. The first-order valence-electron chi connectivity index (χ1n) is 16.4. The van der Waals surface area contributed by atoms with Gasteiger partial charge in [0.1, 0.15) is 6.04 Å². The highest BCUT2D eigenvalue weighted by atomic mass is 16.4. The van der Waals surface area contributed by atoms with Crippen LogP contribution < -0.4 is 0 Å². The van der Waals surface area contributed by atoms with Crippen LogP contribution in [0.5, 0.6) is 0 Å². The van der Waals surface area contributed by atoms with Crippen molar-refractivity contribution in [2.75, 3.05) is 32.7 Å². The standard InChI is InChI=1S/C36H48N4O2/c1-2-31-23-33(22-27-12-6-3-7-13-27)40(37-31)32-18-20-38(21-19-32)24-30-25-39(26-34(30)28-14-8-4-9-15-28)35(36(41)42)29-16-10-5-11-17-29/h3-4,6-9,12-15,23,29-30,32,34-35H,2,5,10-11,16-22,24-26H2,1H3,(H,41,42)/t30-,34?,35+/m0/s1. The Bertz CT molecular complexity index is 1280. The van der Waals surface area contributed by atoms with Crippen molar-refractivity contribution in [2.24, 2.45) is 11.8 Å². The van der Waals surface area contributed by atoms with E-state index in [0.29, 0.717) is 17.9 Å². The number of carboxylic acid groups (broad SMARTS) is 1. The van der Waals surface area contributed by atoms with Crippen molar-refractivity contribution in [1.82, 2.24) is 19.6 Å². The molecule has 6 nitrogen and oxygen atoms in total. The van der Waals surface area contributed by atoms with Crippen molar-refractivity contribution in [3.8, 4) is 0 Å². The van der Waals surface area contributed by atoms with Gasteiger partial charge < -0.3 is 10.0 Å². The fourth-order valence-electron chi connectivity index (χ4n) is 8.09. The highest BCUT2D eigenvalue weighted by Crippen LogP contribution is 2.39. The van der Waals surface area contributed by atoms with Crippen LogP contribution in [0.1, 0.15) is 86.3 Å². The third kappa shape index (κ3) is 6.65. The third-order valence-corrected chi connectivity index (χ3v) is 10.3. The lowest BCUT2D eigenvalue weighted by molar-refractivity contribution is -0.145. The van der Waals surface area contributed by atoms with Crippen molar-refractivity contribution in [1.29, 1.82) is 0 Å². The number of hydrogen-bond acceptors (Lipinski definition) is 4. The molecule has 3 heterocycles. The number of rotatable bonds is 10. The van der Waals surface area contributed by atoms with Crippen LogP contribution in [-0.2, 0) is 17.6 Å². The second-order valence-corrected chi connectivity index (χ2v) is 13.0. The fraction of sp³-hybridized carbons (Fsp3) is 0.556. The molecule has 0 amide bonds. The van der Waals surface area contributed by atoms with Crippen LogP contribution in [0.25, 0.3) is 0 Å². The van der Waals surface area contributed by atoms with E-state index < -0.39 is 5.97 Å². The van der Waals surface area contributed by atoms with Gasteiger partial charge in [-0.3, -0.25) is 14.4 Å². The lowest BCUT2D eigenvalue weighted by atomic mass is 9.83. The Morgan fingerprint density at radius 2 is 1.62 bits per heavy atom. The first kappa shape index (κ1) is 29.1. The van der Waals surface area contributed by atoms with Crippen molar-refractivity contribution in [3.05, 3.63) is 89.2 Å². The Morgan fingerprint density at radius 3 is 2.29 bits per heavy atom. The number of carbonyl (C=O) groups is 1. The molecule has 0 spiro atoms. The largest absolute Gasteiger partial charge is 0.480 e. The summed E-state index contributed by atoms with van der Waals surface area (Å²) in [7, 11) is 0. The lowest BCUT2D eigenvalue weighted by Gasteiger charge is -2.36. The van der Waals surface area contributed by atoms with Gasteiger partial charge in [-0.15, -0.1) is 0 Å².